The second-order valence-electron chi connectivity index (χ2n) is 7.45. The molecule has 0 saturated carbocycles. The number of aliphatic hydroxyl groups excluding tert-OH is 2. The van der Waals surface area contributed by atoms with Crippen LogP contribution in [0.25, 0.3) is 0 Å². The van der Waals surface area contributed by atoms with E-state index in [1.165, 1.54) is 0 Å². The van der Waals surface area contributed by atoms with Gasteiger partial charge in [0.05, 0.1) is 40.6 Å². The maximum atomic E-state index is 10.6. The third kappa shape index (κ3) is 6.28. The molecule has 0 heterocycles. The van der Waals surface area contributed by atoms with Gasteiger partial charge in [-0.2, -0.15) is 0 Å². The molecule has 0 amide bonds. The highest BCUT2D eigenvalue weighted by Crippen LogP contribution is 2.30. The number of aliphatic hydroxyl groups is 2. The molecule has 0 spiro atoms. The number of aryl methyl sites for hydroxylation is 2. The fourth-order valence-corrected chi connectivity index (χ4v) is 3.48. The molecule has 6 nitrogen and oxygen atoms in total. The first-order chi connectivity index (χ1) is 14.4. The molecular formula is C24H34O6. The lowest BCUT2D eigenvalue weighted by Crippen LogP contribution is -2.30. The van der Waals surface area contributed by atoms with Crippen LogP contribution in [-0.2, 0) is 12.8 Å². The van der Waals surface area contributed by atoms with Gasteiger partial charge >= 0.3 is 0 Å². The number of methoxy groups -OCH3 is 4. The van der Waals surface area contributed by atoms with Crippen molar-refractivity contribution in [3.8, 4) is 23.0 Å². The van der Waals surface area contributed by atoms with Crippen LogP contribution in [0.5, 0.6) is 23.0 Å². The van der Waals surface area contributed by atoms with Crippen LogP contribution in [-0.4, -0.2) is 50.9 Å². The van der Waals surface area contributed by atoms with E-state index in [0.29, 0.717) is 48.7 Å². The first kappa shape index (κ1) is 23.8. The minimum absolute atomic E-state index is 0.231. The summed E-state index contributed by atoms with van der Waals surface area (Å²) in [5.41, 5.74) is 2.11. The van der Waals surface area contributed by atoms with Crippen molar-refractivity contribution in [2.24, 2.45) is 5.92 Å². The van der Waals surface area contributed by atoms with E-state index in [-0.39, 0.29) is 5.92 Å². The summed E-state index contributed by atoms with van der Waals surface area (Å²) in [5.74, 6) is 2.48. The number of hydrogen-bond donors (Lipinski definition) is 2. The van der Waals surface area contributed by atoms with Gasteiger partial charge in [-0.1, -0.05) is 19.1 Å². The molecule has 2 aromatic rings. The van der Waals surface area contributed by atoms with Crippen molar-refractivity contribution >= 4 is 0 Å². The van der Waals surface area contributed by atoms with Crippen LogP contribution >= 0.6 is 0 Å². The lowest BCUT2D eigenvalue weighted by atomic mass is 9.90. The summed E-state index contributed by atoms with van der Waals surface area (Å²) in [7, 11) is 6.42. The average molecular weight is 419 g/mol. The second-order valence-corrected chi connectivity index (χ2v) is 7.45. The van der Waals surface area contributed by atoms with E-state index in [0.717, 1.165) is 11.1 Å². The van der Waals surface area contributed by atoms with Crippen molar-refractivity contribution in [1.82, 2.24) is 0 Å². The zero-order valence-corrected chi connectivity index (χ0v) is 18.6. The molecule has 2 atom stereocenters. The van der Waals surface area contributed by atoms with E-state index in [1.807, 2.05) is 43.3 Å². The molecule has 0 fully saturated rings. The van der Waals surface area contributed by atoms with Gasteiger partial charge in [0.1, 0.15) is 0 Å². The summed E-state index contributed by atoms with van der Waals surface area (Å²) in [6.45, 7) is 1.89. The first-order valence-electron chi connectivity index (χ1n) is 10.2. The second kappa shape index (κ2) is 11.7. The molecule has 0 aliphatic heterocycles. The predicted octanol–water partition coefficient (Wildman–Crippen LogP) is 3.64. The molecule has 0 radical (unpaired) electrons. The number of rotatable bonds is 12. The van der Waals surface area contributed by atoms with Crippen LogP contribution in [0.2, 0.25) is 0 Å². The van der Waals surface area contributed by atoms with Gasteiger partial charge in [-0.25, -0.2) is 0 Å². The fraction of sp³-hybridized carbons (Fsp3) is 0.500. The monoisotopic (exact) mass is 418 g/mol. The SMILES string of the molecule is COc1ccc(CCC(O)C(C)C(O)CCc2ccc(OC)c(OC)c2)cc1OC. The van der Waals surface area contributed by atoms with Gasteiger partial charge in [0.25, 0.3) is 0 Å². The Bertz CT molecular complexity index is 726. The minimum atomic E-state index is -0.599. The average Bonchev–Trinajstić information content (AvgIpc) is 2.79. The van der Waals surface area contributed by atoms with E-state index < -0.39 is 12.2 Å². The number of hydrogen-bond acceptors (Lipinski definition) is 6. The predicted molar refractivity (Wildman–Crippen MR) is 117 cm³/mol. The zero-order valence-electron chi connectivity index (χ0n) is 18.6. The first-order valence-corrected chi connectivity index (χ1v) is 10.2. The largest absolute Gasteiger partial charge is 0.493 e. The summed E-state index contributed by atoms with van der Waals surface area (Å²) in [6.07, 6.45) is 1.30. The Hall–Kier alpha value is -2.44. The molecule has 0 aromatic heterocycles. The molecular weight excluding hydrogens is 384 g/mol. The van der Waals surface area contributed by atoms with Gasteiger partial charge in [0.2, 0.25) is 0 Å². The highest BCUT2D eigenvalue weighted by atomic mass is 16.5. The summed E-state index contributed by atoms with van der Waals surface area (Å²) in [4.78, 5) is 0. The van der Waals surface area contributed by atoms with Crippen LogP contribution < -0.4 is 18.9 Å². The molecule has 0 saturated heterocycles. The maximum Gasteiger partial charge on any atom is 0.160 e. The summed E-state index contributed by atoms with van der Waals surface area (Å²) in [6, 6.07) is 11.5. The summed E-state index contributed by atoms with van der Waals surface area (Å²) >= 11 is 0. The third-order valence-corrected chi connectivity index (χ3v) is 5.57. The molecule has 166 valence electrons. The van der Waals surface area contributed by atoms with Crippen LogP contribution in [0.4, 0.5) is 0 Å². The highest BCUT2D eigenvalue weighted by Gasteiger charge is 2.22. The Morgan fingerprint density at radius 1 is 0.633 bits per heavy atom. The fourth-order valence-electron chi connectivity index (χ4n) is 3.48. The molecule has 2 N–H and O–H groups in total. The van der Waals surface area contributed by atoms with Crippen LogP contribution in [0.15, 0.2) is 36.4 Å². The van der Waals surface area contributed by atoms with Crippen molar-refractivity contribution in [2.45, 2.75) is 44.8 Å². The molecule has 2 unspecified atom stereocenters. The van der Waals surface area contributed by atoms with Crippen molar-refractivity contribution in [2.75, 3.05) is 28.4 Å². The Labute approximate surface area is 179 Å². The van der Waals surface area contributed by atoms with E-state index in [4.69, 9.17) is 18.9 Å². The van der Waals surface area contributed by atoms with Gasteiger partial charge in [-0.05, 0) is 61.1 Å². The lowest BCUT2D eigenvalue weighted by Gasteiger charge is -2.24. The zero-order chi connectivity index (χ0) is 22.1. The standard InChI is InChI=1S/C24H34O6/c1-16(19(25)10-6-17-8-12-21(27-2)23(14-17)29-4)20(26)11-7-18-9-13-22(28-3)24(15-18)30-5/h8-9,12-16,19-20,25-26H,6-7,10-11H2,1-5H3. The molecule has 0 aliphatic rings. The van der Waals surface area contributed by atoms with Crippen molar-refractivity contribution < 1.29 is 29.2 Å². The third-order valence-electron chi connectivity index (χ3n) is 5.57. The van der Waals surface area contributed by atoms with E-state index in [1.54, 1.807) is 28.4 Å². The highest BCUT2D eigenvalue weighted by molar-refractivity contribution is 5.43. The smallest absolute Gasteiger partial charge is 0.160 e. The van der Waals surface area contributed by atoms with Gasteiger partial charge in [-0.15, -0.1) is 0 Å². The van der Waals surface area contributed by atoms with Crippen molar-refractivity contribution in [3.05, 3.63) is 47.5 Å². The number of benzene rings is 2. The normalized spacial score (nSPS) is 14.0. The summed E-state index contributed by atoms with van der Waals surface area (Å²) in [5, 5.41) is 21.1. The van der Waals surface area contributed by atoms with Gasteiger partial charge in [0.15, 0.2) is 23.0 Å². The van der Waals surface area contributed by atoms with Gasteiger partial charge in [0, 0.05) is 5.92 Å². The molecule has 30 heavy (non-hydrogen) atoms. The molecule has 2 rings (SSSR count). The van der Waals surface area contributed by atoms with Crippen molar-refractivity contribution in [3.63, 3.8) is 0 Å². The Morgan fingerprint density at radius 2 is 1.00 bits per heavy atom. The summed E-state index contributed by atoms with van der Waals surface area (Å²) < 4.78 is 21.2. The van der Waals surface area contributed by atoms with Crippen molar-refractivity contribution in [1.29, 1.82) is 0 Å². The minimum Gasteiger partial charge on any atom is -0.493 e. The van der Waals surface area contributed by atoms with E-state index >= 15 is 0 Å². The van der Waals surface area contributed by atoms with E-state index in [9.17, 15) is 10.2 Å². The Kier molecular flexibility index (Phi) is 9.27. The van der Waals surface area contributed by atoms with Gasteiger partial charge < -0.3 is 29.2 Å². The number of ether oxygens (including phenoxy) is 4. The van der Waals surface area contributed by atoms with Crippen LogP contribution in [0.1, 0.15) is 30.9 Å². The molecule has 2 aromatic carbocycles. The van der Waals surface area contributed by atoms with Crippen LogP contribution in [0.3, 0.4) is 0 Å². The maximum absolute atomic E-state index is 10.6. The quantitative estimate of drug-likeness (QED) is 0.548. The van der Waals surface area contributed by atoms with Crippen LogP contribution in [0, 0.1) is 5.92 Å². The Morgan fingerprint density at radius 3 is 1.33 bits per heavy atom. The van der Waals surface area contributed by atoms with E-state index in [2.05, 4.69) is 0 Å². The molecule has 0 bridgehead atoms. The topological polar surface area (TPSA) is 77.4 Å². The Balaban J connectivity index is 1.87. The molecule has 6 heteroatoms. The van der Waals surface area contributed by atoms with Gasteiger partial charge in [-0.3, -0.25) is 0 Å². The lowest BCUT2D eigenvalue weighted by molar-refractivity contribution is 0.0142. The molecule has 0 aliphatic carbocycles.